The molecule has 1 aliphatic rings. The van der Waals surface area contributed by atoms with E-state index in [9.17, 15) is 4.79 Å². The molecule has 0 spiro atoms. The zero-order valence-electron chi connectivity index (χ0n) is 21.7. The molecule has 0 bridgehead atoms. The highest BCUT2D eigenvalue weighted by molar-refractivity contribution is 7.22. The van der Waals surface area contributed by atoms with Crippen LogP contribution in [0.15, 0.2) is 66.7 Å². The molecule has 0 saturated carbocycles. The van der Waals surface area contributed by atoms with Crippen LogP contribution in [-0.4, -0.2) is 51.6 Å². The number of rotatable bonds is 8. The number of fused-ring (bicyclic) bond motifs is 1. The van der Waals surface area contributed by atoms with Crippen LogP contribution in [0, 0.1) is 5.92 Å². The van der Waals surface area contributed by atoms with Crippen molar-refractivity contribution in [3.05, 3.63) is 77.9 Å². The molecule has 1 unspecified atom stereocenters. The van der Waals surface area contributed by atoms with E-state index < -0.39 is 0 Å². The van der Waals surface area contributed by atoms with Crippen molar-refractivity contribution in [2.24, 2.45) is 5.92 Å². The van der Waals surface area contributed by atoms with E-state index in [2.05, 4.69) is 11.9 Å². The molecule has 4 aromatic rings. The molecule has 192 valence electrons. The summed E-state index contributed by atoms with van der Waals surface area (Å²) < 4.78 is 17.9. The van der Waals surface area contributed by atoms with E-state index in [-0.39, 0.29) is 5.78 Å². The number of nitrogens with zero attached hydrogens (tertiary/aromatic N) is 1. The number of hydrogen-bond donors (Lipinski definition) is 0. The molecular weight excluding hydrogens is 482 g/mol. The number of ketones is 1. The first-order chi connectivity index (χ1) is 18.1. The Labute approximate surface area is 222 Å². The number of carbonyl (C=O) groups excluding carboxylic acids is 1. The highest BCUT2D eigenvalue weighted by Crippen LogP contribution is 2.41. The second kappa shape index (κ2) is 11.4. The summed E-state index contributed by atoms with van der Waals surface area (Å²) in [5, 5.41) is 0.930. The summed E-state index contributed by atoms with van der Waals surface area (Å²) in [5.41, 5.74) is 2.34. The van der Waals surface area contributed by atoms with Crippen molar-refractivity contribution in [1.29, 1.82) is 0 Å². The van der Waals surface area contributed by atoms with Gasteiger partial charge >= 0.3 is 0 Å². The first kappa shape index (κ1) is 25.3. The maximum Gasteiger partial charge on any atom is 0.195 e. The van der Waals surface area contributed by atoms with Gasteiger partial charge in [0.2, 0.25) is 0 Å². The number of ether oxygens (including phenoxy) is 3. The van der Waals surface area contributed by atoms with Gasteiger partial charge in [0.15, 0.2) is 5.78 Å². The lowest BCUT2D eigenvalue weighted by Gasteiger charge is -2.20. The first-order valence-electron chi connectivity index (χ1n) is 12.8. The fourth-order valence-electron chi connectivity index (χ4n) is 5.01. The van der Waals surface area contributed by atoms with Crippen molar-refractivity contribution >= 4 is 27.2 Å². The lowest BCUT2D eigenvalue weighted by atomic mass is 9.97. The first-order valence-corrected chi connectivity index (χ1v) is 13.6. The molecule has 0 amide bonds. The molecule has 1 atom stereocenters. The van der Waals surface area contributed by atoms with Gasteiger partial charge in [0, 0.05) is 38.6 Å². The molecule has 37 heavy (non-hydrogen) atoms. The molecule has 1 aromatic heterocycles. The molecule has 2 heterocycles. The van der Waals surface area contributed by atoms with Crippen molar-refractivity contribution in [2.75, 3.05) is 41.0 Å². The van der Waals surface area contributed by atoms with Crippen molar-refractivity contribution in [1.82, 2.24) is 4.90 Å². The van der Waals surface area contributed by atoms with E-state index >= 15 is 0 Å². The summed E-state index contributed by atoms with van der Waals surface area (Å²) >= 11 is 1.60. The fourth-order valence-corrected chi connectivity index (χ4v) is 6.24. The summed E-state index contributed by atoms with van der Waals surface area (Å²) in [4.78, 5) is 17.2. The van der Waals surface area contributed by atoms with Gasteiger partial charge < -0.3 is 19.1 Å². The highest BCUT2D eigenvalue weighted by atomic mass is 32.1. The van der Waals surface area contributed by atoms with Gasteiger partial charge in [-0.2, -0.15) is 0 Å². The highest BCUT2D eigenvalue weighted by Gasteiger charge is 2.22. The average molecular weight is 516 g/mol. The quantitative estimate of drug-likeness (QED) is 0.238. The molecular formula is C31H33NO4S. The molecule has 1 saturated heterocycles. The molecule has 0 radical (unpaired) electrons. The van der Waals surface area contributed by atoms with Crippen LogP contribution < -0.4 is 14.2 Å². The zero-order chi connectivity index (χ0) is 25.8. The van der Waals surface area contributed by atoms with Crippen LogP contribution in [0.4, 0.5) is 0 Å². The predicted molar refractivity (Wildman–Crippen MR) is 151 cm³/mol. The average Bonchev–Trinajstić information content (AvgIpc) is 3.19. The topological polar surface area (TPSA) is 48.0 Å². The van der Waals surface area contributed by atoms with Crippen LogP contribution in [0.25, 0.3) is 20.5 Å². The van der Waals surface area contributed by atoms with E-state index in [1.54, 1.807) is 25.6 Å². The van der Waals surface area contributed by atoms with Crippen molar-refractivity contribution in [3.8, 4) is 27.7 Å². The third-order valence-electron chi connectivity index (χ3n) is 7.05. The molecule has 5 rings (SSSR count). The molecule has 5 nitrogen and oxygen atoms in total. The maximum absolute atomic E-state index is 13.9. The fraction of sp³-hybridized carbons (Fsp3) is 0.323. The van der Waals surface area contributed by atoms with E-state index in [1.807, 2.05) is 66.7 Å². The lowest BCUT2D eigenvalue weighted by molar-refractivity contribution is 0.104. The summed E-state index contributed by atoms with van der Waals surface area (Å²) in [7, 11) is 5.49. The number of likely N-dealkylation sites (tertiary alicyclic amines) is 1. The number of carbonyl (C=O) groups is 1. The van der Waals surface area contributed by atoms with Crippen LogP contribution in [0.3, 0.4) is 0 Å². The molecule has 3 aromatic carbocycles. The van der Waals surface area contributed by atoms with Gasteiger partial charge in [0.25, 0.3) is 0 Å². The minimum atomic E-state index is -0.000761. The van der Waals surface area contributed by atoms with E-state index in [4.69, 9.17) is 14.2 Å². The Morgan fingerprint density at radius 2 is 1.62 bits per heavy atom. The van der Waals surface area contributed by atoms with Crippen LogP contribution in [0.1, 0.15) is 35.2 Å². The standard InChI is InChI=1S/C31H33NO4S/c1-32-17-5-4-6-21(19-32)20-36-25-13-7-22(8-14-25)30(33)29-27-16-15-26(35-3)18-28(27)37-31(29)23-9-11-24(34-2)12-10-23/h7-16,18,21H,4-6,17,19-20H2,1-3H3. The van der Waals surface area contributed by atoms with Crippen molar-refractivity contribution in [2.45, 2.75) is 19.3 Å². The zero-order valence-corrected chi connectivity index (χ0v) is 22.5. The van der Waals surface area contributed by atoms with E-state index in [1.165, 1.54) is 19.3 Å². The third-order valence-corrected chi connectivity index (χ3v) is 8.25. The Balaban J connectivity index is 1.42. The maximum atomic E-state index is 13.9. The van der Waals surface area contributed by atoms with Gasteiger partial charge in [-0.3, -0.25) is 4.79 Å². The Bertz CT molecular complexity index is 1360. The van der Waals surface area contributed by atoms with E-state index in [0.717, 1.165) is 50.9 Å². The molecule has 1 aliphatic heterocycles. The molecule has 0 aliphatic carbocycles. The number of benzene rings is 3. The number of hydrogen-bond acceptors (Lipinski definition) is 6. The number of methoxy groups -OCH3 is 2. The lowest BCUT2D eigenvalue weighted by Crippen LogP contribution is -2.27. The minimum Gasteiger partial charge on any atom is -0.497 e. The summed E-state index contributed by atoms with van der Waals surface area (Å²) in [6, 6.07) is 21.3. The van der Waals surface area contributed by atoms with Gasteiger partial charge in [-0.05, 0) is 98.7 Å². The minimum absolute atomic E-state index is 0.000761. The number of thiophene rings is 1. The summed E-state index contributed by atoms with van der Waals surface area (Å²) in [6.45, 7) is 2.94. The van der Waals surface area contributed by atoms with Gasteiger partial charge in [-0.25, -0.2) is 0 Å². The molecule has 0 N–H and O–H groups in total. The SMILES string of the molecule is COc1ccc(-c2sc3cc(OC)ccc3c2C(=O)c2ccc(OCC3CCCCN(C)C3)cc2)cc1. The second-order valence-electron chi connectivity index (χ2n) is 9.69. The largest absolute Gasteiger partial charge is 0.497 e. The van der Waals surface area contributed by atoms with Gasteiger partial charge in [0.1, 0.15) is 17.2 Å². The normalized spacial score (nSPS) is 16.4. The van der Waals surface area contributed by atoms with Crippen molar-refractivity contribution in [3.63, 3.8) is 0 Å². The monoisotopic (exact) mass is 515 g/mol. The Hall–Kier alpha value is -3.35. The Morgan fingerprint density at radius 1 is 0.919 bits per heavy atom. The van der Waals surface area contributed by atoms with Crippen LogP contribution in [0.5, 0.6) is 17.2 Å². The van der Waals surface area contributed by atoms with Crippen molar-refractivity contribution < 1.29 is 19.0 Å². The Morgan fingerprint density at radius 3 is 2.35 bits per heavy atom. The molecule has 6 heteroatoms. The summed E-state index contributed by atoms with van der Waals surface area (Å²) in [5.74, 6) is 2.90. The van der Waals surface area contributed by atoms with E-state index in [0.29, 0.717) is 23.7 Å². The third kappa shape index (κ3) is 5.65. The second-order valence-corrected chi connectivity index (χ2v) is 10.7. The smallest absolute Gasteiger partial charge is 0.195 e. The van der Waals surface area contributed by atoms with Crippen LogP contribution >= 0.6 is 11.3 Å². The van der Waals surface area contributed by atoms with Gasteiger partial charge in [-0.1, -0.05) is 6.42 Å². The molecule has 1 fully saturated rings. The Kier molecular flexibility index (Phi) is 7.77. The van der Waals surface area contributed by atoms with Crippen LogP contribution in [0.2, 0.25) is 0 Å². The summed E-state index contributed by atoms with van der Waals surface area (Å²) in [6.07, 6.45) is 3.71. The predicted octanol–water partition coefficient (Wildman–Crippen LogP) is 6.93. The van der Waals surface area contributed by atoms with Gasteiger partial charge in [0.05, 0.1) is 20.8 Å². The van der Waals surface area contributed by atoms with Crippen LogP contribution in [-0.2, 0) is 0 Å². The van der Waals surface area contributed by atoms with Gasteiger partial charge in [-0.15, -0.1) is 11.3 Å².